The zero-order valence-corrected chi connectivity index (χ0v) is 18.8. The van der Waals surface area contributed by atoms with Crippen LogP contribution in [0.2, 0.25) is 0 Å². The fourth-order valence-corrected chi connectivity index (χ4v) is 4.06. The molecule has 3 aromatic rings. The number of piperidine rings is 1. The summed E-state index contributed by atoms with van der Waals surface area (Å²) in [6.07, 6.45) is 6.64. The molecule has 0 saturated carbocycles. The van der Waals surface area contributed by atoms with Crippen molar-refractivity contribution in [3.8, 4) is 16.9 Å². The van der Waals surface area contributed by atoms with Gasteiger partial charge in [0.15, 0.2) is 0 Å². The minimum atomic E-state index is 0.268. The third-order valence-electron chi connectivity index (χ3n) is 6.16. The van der Waals surface area contributed by atoms with Crippen LogP contribution < -0.4 is 10.1 Å². The van der Waals surface area contributed by atoms with Crippen LogP contribution >= 0.6 is 0 Å². The fourth-order valence-electron chi connectivity index (χ4n) is 4.06. The molecule has 4 rings (SSSR count). The van der Waals surface area contributed by atoms with Crippen LogP contribution in [-0.4, -0.2) is 47.4 Å². The number of carbonyl (C=O) groups is 1. The molecule has 1 fully saturated rings. The molecule has 0 amide bonds. The lowest BCUT2D eigenvalue weighted by Crippen LogP contribution is -2.36. The molecule has 0 aliphatic carbocycles. The van der Waals surface area contributed by atoms with Crippen LogP contribution in [0.25, 0.3) is 11.1 Å². The number of anilines is 2. The molecule has 0 bridgehead atoms. The number of nitrogens with one attached hydrogen (secondary N) is 1. The lowest BCUT2D eigenvalue weighted by molar-refractivity contribution is -0.122. The Balaban J connectivity index is 1.27. The van der Waals surface area contributed by atoms with Crippen molar-refractivity contribution >= 4 is 17.4 Å². The summed E-state index contributed by atoms with van der Waals surface area (Å²) >= 11 is 0. The number of hydrogen-bond acceptors (Lipinski definition) is 6. The van der Waals surface area contributed by atoms with Crippen molar-refractivity contribution in [2.75, 3.05) is 32.1 Å². The van der Waals surface area contributed by atoms with Gasteiger partial charge < -0.3 is 15.0 Å². The zero-order chi connectivity index (χ0) is 22.3. The van der Waals surface area contributed by atoms with E-state index in [1.807, 2.05) is 36.7 Å². The van der Waals surface area contributed by atoms with Gasteiger partial charge in [0.05, 0.1) is 7.11 Å². The molecule has 2 aromatic carbocycles. The smallest absolute Gasteiger partial charge is 0.227 e. The second-order valence-corrected chi connectivity index (χ2v) is 8.32. The predicted octanol–water partition coefficient (Wildman–Crippen LogP) is 4.74. The highest BCUT2D eigenvalue weighted by atomic mass is 16.5. The standard InChI is InChI=1S/C26H30N4O2/c1-19(31)21-12-15-30(16-13-21)14-11-20-3-7-24(8-4-20)29-26-27-17-23(18-28-26)22-5-9-25(32-2)10-6-22/h3-10,17-18,21H,11-16H2,1-2H3,(H,27,28,29). The van der Waals surface area contributed by atoms with Crippen molar-refractivity contribution in [3.63, 3.8) is 0 Å². The van der Waals surface area contributed by atoms with E-state index in [1.54, 1.807) is 14.0 Å². The number of nitrogens with zero attached hydrogens (tertiary/aromatic N) is 3. The number of carbonyl (C=O) groups excluding carboxylic acids is 1. The highest BCUT2D eigenvalue weighted by molar-refractivity contribution is 5.78. The van der Waals surface area contributed by atoms with Crippen LogP contribution in [0.4, 0.5) is 11.6 Å². The van der Waals surface area contributed by atoms with Crippen molar-refractivity contribution in [1.29, 1.82) is 0 Å². The maximum Gasteiger partial charge on any atom is 0.227 e. The fraction of sp³-hybridized carbons (Fsp3) is 0.346. The summed E-state index contributed by atoms with van der Waals surface area (Å²) in [6, 6.07) is 16.3. The minimum absolute atomic E-state index is 0.268. The van der Waals surface area contributed by atoms with Crippen molar-refractivity contribution < 1.29 is 9.53 Å². The number of rotatable bonds is 8. The van der Waals surface area contributed by atoms with E-state index in [4.69, 9.17) is 4.74 Å². The Morgan fingerprint density at radius 3 is 2.25 bits per heavy atom. The second-order valence-electron chi connectivity index (χ2n) is 8.32. The Labute approximate surface area is 189 Å². The number of ketones is 1. The third kappa shape index (κ3) is 5.71. The number of hydrogen-bond donors (Lipinski definition) is 1. The highest BCUT2D eigenvalue weighted by Crippen LogP contribution is 2.23. The second kappa shape index (κ2) is 10.4. The molecule has 1 N–H and O–H groups in total. The van der Waals surface area contributed by atoms with Gasteiger partial charge in [-0.1, -0.05) is 24.3 Å². The summed E-state index contributed by atoms with van der Waals surface area (Å²) in [5.74, 6) is 2.01. The van der Waals surface area contributed by atoms with Gasteiger partial charge in [-0.15, -0.1) is 0 Å². The number of aromatic nitrogens is 2. The largest absolute Gasteiger partial charge is 0.497 e. The number of ether oxygens (including phenoxy) is 1. The Morgan fingerprint density at radius 1 is 1.00 bits per heavy atom. The summed E-state index contributed by atoms with van der Waals surface area (Å²) in [4.78, 5) is 22.9. The van der Waals surface area contributed by atoms with Gasteiger partial charge in [-0.05, 0) is 74.7 Å². The van der Waals surface area contributed by atoms with Gasteiger partial charge in [0, 0.05) is 36.1 Å². The SMILES string of the molecule is COc1ccc(-c2cnc(Nc3ccc(CCN4CCC(C(C)=O)CC4)cc3)nc2)cc1. The van der Waals surface area contributed by atoms with E-state index in [0.717, 1.165) is 61.5 Å². The van der Waals surface area contributed by atoms with Crippen LogP contribution in [0.3, 0.4) is 0 Å². The predicted molar refractivity (Wildman–Crippen MR) is 127 cm³/mol. The molecular weight excluding hydrogens is 400 g/mol. The first-order valence-corrected chi connectivity index (χ1v) is 11.2. The summed E-state index contributed by atoms with van der Waals surface area (Å²) in [6.45, 7) is 4.80. The van der Waals surface area contributed by atoms with Crippen LogP contribution in [0.5, 0.6) is 5.75 Å². The number of likely N-dealkylation sites (tertiary alicyclic amines) is 1. The Bertz CT molecular complexity index is 1010. The van der Waals surface area contributed by atoms with E-state index in [1.165, 1.54) is 5.56 Å². The molecule has 32 heavy (non-hydrogen) atoms. The van der Waals surface area contributed by atoms with E-state index in [-0.39, 0.29) is 5.92 Å². The van der Waals surface area contributed by atoms with Gasteiger partial charge in [0.2, 0.25) is 5.95 Å². The van der Waals surface area contributed by atoms with Gasteiger partial charge in [0.1, 0.15) is 11.5 Å². The molecule has 1 aliphatic heterocycles. The molecule has 0 unspecified atom stereocenters. The Morgan fingerprint density at radius 2 is 1.66 bits per heavy atom. The summed E-state index contributed by atoms with van der Waals surface area (Å²) in [5.41, 5.74) is 4.28. The number of Topliss-reactive ketones (excluding diaryl/α,β-unsaturated/α-hetero) is 1. The van der Waals surface area contributed by atoms with Crippen molar-refractivity contribution in [1.82, 2.24) is 14.9 Å². The summed E-state index contributed by atoms with van der Waals surface area (Å²) in [7, 11) is 1.66. The summed E-state index contributed by atoms with van der Waals surface area (Å²) in [5, 5.41) is 3.26. The molecule has 6 nitrogen and oxygen atoms in total. The molecule has 1 aromatic heterocycles. The monoisotopic (exact) mass is 430 g/mol. The van der Waals surface area contributed by atoms with E-state index in [0.29, 0.717) is 11.7 Å². The molecule has 6 heteroatoms. The first-order valence-electron chi connectivity index (χ1n) is 11.2. The third-order valence-corrected chi connectivity index (χ3v) is 6.16. The average Bonchev–Trinajstić information content (AvgIpc) is 2.84. The minimum Gasteiger partial charge on any atom is -0.497 e. The molecule has 166 valence electrons. The van der Waals surface area contributed by atoms with Gasteiger partial charge in [-0.25, -0.2) is 9.97 Å². The normalized spacial score (nSPS) is 14.8. The van der Waals surface area contributed by atoms with E-state index >= 15 is 0 Å². The lowest BCUT2D eigenvalue weighted by atomic mass is 9.93. The molecule has 1 aliphatic rings. The van der Waals surface area contributed by atoms with E-state index < -0.39 is 0 Å². The topological polar surface area (TPSA) is 67.3 Å². The van der Waals surface area contributed by atoms with Crippen molar-refractivity contribution in [2.45, 2.75) is 26.2 Å². The van der Waals surface area contributed by atoms with Crippen LogP contribution in [0.1, 0.15) is 25.3 Å². The van der Waals surface area contributed by atoms with Crippen molar-refractivity contribution in [3.05, 3.63) is 66.5 Å². The Hall–Kier alpha value is -3.25. The van der Waals surface area contributed by atoms with E-state index in [2.05, 4.69) is 44.5 Å². The van der Waals surface area contributed by atoms with Gasteiger partial charge in [-0.3, -0.25) is 4.79 Å². The highest BCUT2D eigenvalue weighted by Gasteiger charge is 2.21. The average molecular weight is 431 g/mol. The van der Waals surface area contributed by atoms with Gasteiger partial charge >= 0.3 is 0 Å². The van der Waals surface area contributed by atoms with Crippen LogP contribution in [-0.2, 0) is 11.2 Å². The molecule has 2 heterocycles. The first kappa shape index (κ1) is 22.0. The molecular formula is C26H30N4O2. The Kier molecular flexibility index (Phi) is 7.12. The molecule has 0 atom stereocenters. The molecule has 1 saturated heterocycles. The zero-order valence-electron chi connectivity index (χ0n) is 18.8. The van der Waals surface area contributed by atoms with E-state index in [9.17, 15) is 4.79 Å². The molecule has 0 spiro atoms. The van der Waals surface area contributed by atoms with Gasteiger partial charge in [-0.2, -0.15) is 0 Å². The van der Waals surface area contributed by atoms with Crippen LogP contribution in [0.15, 0.2) is 60.9 Å². The first-order chi connectivity index (χ1) is 15.6. The van der Waals surface area contributed by atoms with Crippen LogP contribution in [0, 0.1) is 5.92 Å². The summed E-state index contributed by atoms with van der Waals surface area (Å²) < 4.78 is 5.20. The maximum absolute atomic E-state index is 11.5. The quantitative estimate of drug-likeness (QED) is 0.557. The van der Waals surface area contributed by atoms with Gasteiger partial charge in [0.25, 0.3) is 0 Å². The lowest BCUT2D eigenvalue weighted by Gasteiger charge is -2.30. The number of methoxy groups -OCH3 is 1. The number of benzene rings is 2. The van der Waals surface area contributed by atoms with Crippen molar-refractivity contribution in [2.24, 2.45) is 5.92 Å². The molecule has 0 radical (unpaired) electrons. The maximum atomic E-state index is 11.5.